The normalized spacial score (nSPS) is 23.9. The monoisotopic (exact) mass is 936 g/mol. The number of carbonyl (C=O) groups is 1. The maximum atomic E-state index is 13.1. The SMILES string of the molecule is CO[C@H]1O[C@H](CO[C@@H]2C[C@@H]([C@@H](COCc3ccccc3)OCc3ccccc3)[C@H](OCc3ccccc3)[C@H]2OC(C)=O)[C@@H](OCc2ccccc2)[C@H](OCc2ccccc2)[C@@H]1OCc1ccccc1. The van der Waals surface area contributed by atoms with Crippen LogP contribution in [0.1, 0.15) is 46.7 Å². The summed E-state index contributed by atoms with van der Waals surface area (Å²) in [5.74, 6) is -0.765. The van der Waals surface area contributed by atoms with Crippen LogP contribution >= 0.6 is 0 Å². The third-order valence-corrected chi connectivity index (χ3v) is 12.5. The van der Waals surface area contributed by atoms with Crippen molar-refractivity contribution in [2.45, 2.75) is 108 Å². The molecular formula is C58H64O11. The molecule has 0 spiro atoms. The van der Waals surface area contributed by atoms with Gasteiger partial charge in [-0.1, -0.05) is 182 Å². The Labute approximate surface area is 406 Å². The molecule has 6 aromatic rings. The van der Waals surface area contributed by atoms with Crippen molar-refractivity contribution >= 4 is 5.97 Å². The Kier molecular flexibility index (Phi) is 19.1. The summed E-state index contributed by atoms with van der Waals surface area (Å²) in [6.07, 6.45) is -5.69. The van der Waals surface area contributed by atoms with Gasteiger partial charge in [0.15, 0.2) is 12.4 Å². The number of rotatable bonds is 25. The summed E-state index contributed by atoms with van der Waals surface area (Å²) in [5.41, 5.74) is 6.02. The van der Waals surface area contributed by atoms with E-state index in [2.05, 4.69) is 0 Å². The van der Waals surface area contributed by atoms with Gasteiger partial charge in [-0.15, -0.1) is 0 Å². The highest BCUT2D eigenvalue weighted by molar-refractivity contribution is 5.66. The van der Waals surface area contributed by atoms with Crippen molar-refractivity contribution in [1.29, 1.82) is 0 Å². The second kappa shape index (κ2) is 26.4. The molecule has 11 nitrogen and oxygen atoms in total. The number of hydrogen-bond acceptors (Lipinski definition) is 11. The van der Waals surface area contributed by atoms with Crippen LogP contribution in [0, 0.1) is 5.92 Å². The lowest BCUT2D eigenvalue weighted by molar-refractivity contribution is -0.324. The van der Waals surface area contributed by atoms with E-state index in [-0.39, 0.29) is 32.3 Å². The average molecular weight is 937 g/mol. The third-order valence-electron chi connectivity index (χ3n) is 12.5. The lowest BCUT2D eigenvalue weighted by atomic mass is 9.97. The molecule has 0 amide bonds. The van der Waals surface area contributed by atoms with E-state index < -0.39 is 61.1 Å². The van der Waals surface area contributed by atoms with Gasteiger partial charge < -0.3 is 47.4 Å². The summed E-state index contributed by atoms with van der Waals surface area (Å²) in [6, 6.07) is 60.0. The Balaban J connectivity index is 1.09. The van der Waals surface area contributed by atoms with Crippen molar-refractivity contribution in [2.75, 3.05) is 20.3 Å². The fraction of sp³-hybridized carbons (Fsp3) is 0.362. The number of hydrogen-bond donors (Lipinski definition) is 0. The predicted octanol–water partition coefficient (Wildman–Crippen LogP) is 9.84. The van der Waals surface area contributed by atoms with Gasteiger partial charge in [-0.05, 0) is 39.8 Å². The van der Waals surface area contributed by atoms with Crippen LogP contribution in [0.2, 0.25) is 0 Å². The first kappa shape index (κ1) is 49.8. The average Bonchev–Trinajstić information content (AvgIpc) is 3.73. The fourth-order valence-corrected chi connectivity index (χ4v) is 9.07. The molecule has 1 heterocycles. The van der Waals surface area contributed by atoms with E-state index in [1.807, 2.05) is 182 Å². The van der Waals surface area contributed by atoms with E-state index in [0.717, 1.165) is 33.4 Å². The first-order chi connectivity index (χ1) is 34.0. The molecule has 2 aliphatic rings. The minimum atomic E-state index is -0.847. The van der Waals surface area contributed by atoms with Crippen LogP contribution in [-0.2, 0) is 91.8 Å². The number of benzene rings is 6. The Morgan fingerprint density at radius 1 is 0.493 bits per heavy atom. The van der Waals surface area contributed by atoms with Crippen molar-refractivity contribution in [3.63, 3.8) is 0 Å². The zero-order valence-corrected chi connectivity index (χ0v) is 39.4. The van der Waals surface area contributed by atoms with Gasteiger partial charge in [0.2, 0.25) is 0 Å². The molecular weight excluding hydrogens is 873 g/mol. The molecule has 1 saturated heterocycles. The molecule has 362 valence electrons. The molecule has 69 heavy (non-hydrogen) atoms. The molecule has 0 unspecified atom stereocenters. The van der Waals surface area contributed by atoms with Crippen LogP contribution in [0.15, 0.2) is 182 Å². The second-order valence-corrected chi connectivity index (χ2v) is 17.5. The van der Waals surface area contributed by atoms with Crippen LogP contribution in [0.4, 0.5) is 0 Å². The van der Waals surface area contributed by atoms with Gasteiger partial charge >= 0.3 is 5.97 Å². The first-order valence-corrected chi connectivity index (χ1v) is 23.9. The van der Waals surface area contributed by atoms with Gasteiger partial charge in [-0.25, -0.2) is 0 Å². The Hall–Kier alpha value is -5.57. The van der Waals surface area contributed by atoms with E-state index in [9.17, 15) is 4.79 Å². The maximum Gasteiger partial charge on any atom is 0.303 e. The van der Waals surface area contributed by atoms with Crippen molar-refractivity contribution in [3.8, 4) is 0 Å². The van der Waals surface area contributed by atoms with Crippen molar-refractivity contribution < 1.29 is 52.2 Å². The highest BCUT2D eigenvalue weighted by atomic mass is 16.7. The molecule has 0 N–H and O–H groups in total. The lowest BCUT2D eigenvalue weighted by Crippen LogP contribution is -2.61. The Morgan fingerprint density at radius 2 is 0.899 bits per heavy atom. The number of esters is 1. The summed E-state index contributed by atoms with van der Waals surface area (Å²) < 4.78 is 66.6. The molecule has 0 aromatic heterocycles. The van der Waals surface area contributed by atoms with E-state index in [4.69, 9.17) is 47.4 Å². The van der Waals surface area contributed by atoms with E-state index in [1.165, 1.54) is 6.92 Å². The number of ether oxygens (including phenoxy) is 10. The van der Waals surface area contributed by atoms with Gasteiger partial charge in [-0.3, -0.25) is 4.79 Å². The van der Waals surface area contributed by atoms with E-state index in [0.29, 0.717) is 32.8 Å². The molecule has 0 bridgehead atoms. The summed E-state index contributed by atoms with van der Waals surface area (Å²) in [4.78, 5) is 13.1. The van der Waals surface area contributed by atoms with Crippen molar-refractivity contribution in [3.05, 3.63) is 215 Å². The number of carbonyl (C=O) groups excluding carboxylic acids is 1. The standard InChI is InChI=1S/C58H64O11/c1-42(59)68-55-50(33-49(53(55)64-36-45-25-13-5-14-26-45)51(62-35-44-23-11-4-12-24-44)40-61-34-43-21-9-3-10-22-43)63-41-52-54(65-37-46-27-15-6-16-28-46)56(66-38-47-29-17-7-18-30-47)57(58(60-2)69-52)67-39-48-31-19-8-20-32-48/h3-32,49-58H,33-41H2,1-2H3/t49-,50+,51+,52+,53-,54+,55-,56-,57-,58-/m0/s1. The Bertz CT molecular complexity index is 2340. The zero-order valence-electron chi connectivity index (χ0n) is 39.4. The van der Waals surface area contributed by atoms with Gasteiger partial charge in [0.25, 0.3) is 0 Å². The largest absolute Gasteiger partial charge is 0.457 e. The first-order valence-electron chi connectivity index (χ1n) is 23.9. The summed E-state index contributed by atoms with van der Waals surface area (Å²) in [5, 5.41) is 0. The second-order valence-electron chi connectivity index (χ2n) is 17.5. The molecule has 10 atom stereocenters. The van der Waals surface area contributed by atoms with Crippen LogP contribution in [-0.4, -0.2) is 81.4 Å². The van der Waals surface area contributed by atoms with Crippen LogP contribution in [0.3, 0.4) is 0 Å². The van der Waals surface area contributed by atoms with Gasteiger partial charge in [0.05, 0.1) is 65.1 Å². The summed E-state index contributed by atoms with van der Waals surface area (Å²) in [6.45, 7) is 3.61. The van der Waals surface area contributed by atoms with Gasteiger partial charge in [0, 0.05) is 20.0 Å². The molecule has 1 aliphatic heterocycles. The molecule has 1 aliphatic carbocycles. The molecule has 1 saturated carbocycles. The Morgan fingerprint density at radius 3 is 1.35 bits per heavy atom. The highest BCUT2D eigenvalue weighted by Gasteiger charge is 2.53. The van der Waals surface area contributed by atoms with Gasteiger partial charge in [0.1, 0.15) is 30.5 Å². The quantitative estimate of drug-likeness (QED) is 0.0512. The minimum absolute atomic E-state index is 0.0382. The fourth-order valence-electron chi connectivity index (χ4n) is 9.07. The van der Waals surface area contributed by atoms with Crippen LogP contribution in [0.5, 0.6) is 0 Å². The van der Waals surface area contributed by atoms with Gasteiger partial charge in [-0.2, -0.15) is 0 Å². The van der Waals surface area contributed by atoms with E-state index >= 15 is 0 Å². The molecule has 0 radical (unpaired) electrons. The number of methoxy groups -OCH3 is 1. The highest BCUT2D eigenvalue weighted by Crippen LogP contribution is 2.39. The smallest absolute Gasteiger partial charge is 0.303 e. The van der Waals surface area contributed by atoms with Crippen molar-refractivity contribution in [2.24, 2.45) is 5.92 Å². The molecule has 2 fully saturated rings. The zero-order chi connectivity index (χ0) is 47.5. The maximum absolute atomic E-state index is 13.1. The topological polar surface area (TPSA) is 109 Å². The van der Waals surface area contributed by atoms with Crippen molar-refractivity contribution in [1.82, 2.24) is 0 Å². The molecule has 6 aromatic carbocycles. The molecule has 11 heteroatoms. The predicted molar refractivity (Wildman–Crippen MR) is 260 cm³/mol. The third kappa shape index (κ3) is 14.7. The van der Waals surface area contributed by atoms with Crippen LogP contribution in [0.25, 0.3) is 0 Å². The summed E-state index contributed by atoms with van der Waals surface area (Å²) in [7, 11) is 1.60. The minimum Gasteiger partial charge on any atom is -0.457 e. The molecule has 8 rings (SSSR count). The van der Waals surface area contributed by atoms with E-state index in [1.54, 1.807) is 7.11 Å². The lowest BCUT2D eigenvalue weighted by Gasteiger charge is -2.45. The summed E-state index contributed by atoms with van der Waals surface area (Å²) >= 11 is 0. The van der Waals surface area contributed by atoms with Crippen LogP contribution < -0.4 is 0 Å².